The molecule has 0 radical (unpaired) electrons. The summed E-state index contributed by atoms with van der Waals surface area (Å²) in [7, 11) is 0. The Labute approximate surface area is 134 Å². The number of benzene rings is 2. The molecule has 2 aromatic rings. The van der Waals surface area contributed by atoms with Gasteiger partial charge in [0, 0.05) is 6.42 Å². The van der Waals surface area contributed by atoms with Gasteiger partial charge in [-0.25, -0.2) is 0 Å². The lowest BCUT2D eigenvalue weighted by Crippen LogP contribution is -2.42. The van der Waals surface area contributed by atoms with Gasteiger partial charge in [-0.2, -0.15) is 0 Å². The van der Waals surface area contributed by atoms with E-state index in [1.54, 1.807) is 6.07 Å². The molecule has 0 fully saturated rings. The first kappa shape index (κ1) is 15.1. The summed E-state index contributed by atoms with van der Waals surface area (Å²) in [6, 6.07) is 16.8. The highest BCUT2D eigenvalue weighted by Crippen LogP contribution is 2.29. The Bertz CT molecular complexity index is 700. The van der Waals surface area contributed by atoms with Gasteiger partial charge in [-0.1, -0.05) is 30.3 Å². The van der Waals surface area contributed by atoms with Gasteiger partial charge in [0.15, 0.2) is 0 Å². The summed E-state index contributed by atoms with van der Waals surface area (Å²) in [5, 5.41) is 2.78. The number of nitrogens with one attached hydrogen (secondary N) is 1. The van der Waals surface area contributed by atoms with Crippen LogP contribution in [0.15, 0.2) is 54.6 Å². The van der Waals surface area contributed by atoms with E-state index in [9.17, 15) is 9.59 Å². The first-order chi connectivity index (χ1) is 11.2. The third-order valence-corrected chi connectivity index (χ3v) is 3.62. The summed E-state index contributed by atoms with van der Waals surface area (Å²) >= 11 is 0. The molecule has 3 rings (SSSR count). The molecule has 2 aromatic carbocycles. The van der Waals surface area contributed by atoms with Crippen molar-refractivity contribution in [2.45, 2.75) is 12.8 Å². The normalized spacial score (nSPS) is 13.2. The average molecular weight is 310 g/mol. The fraction of sp³-hybridized carbons (Fsp3) is 0.222. The van der Waals surface area contributed by atoms with Crippen molar-refractivity contribution in [3.05, 3.63) is 54.6 Å². The number of nitrogens with zero attached hydrogens (tertiary/aromatic N) is 1. The first-order valence-corrected chi connectivity index (χ1v) is 7.61. The van der Waals surface area contributed by atoms with Crippen LogP contribution in [0.4, 0.5) is 11.4 Å². The predicted octanol–water partition coefficient (Wildman–Crippen LogP) is 2.83. The lowest BCUT2D eigenvalue weighted by molar-refractivity contribution is -0.122. The molecule has 1 aliphatic heterocycles. The van der Waals surface area contributed by atoms with Crippen LogP contribution in [0.3, 0.4) is 0 Å². The molecule has 5 heteroatoms. The summed E-state index contributed by atoms with van der Waals surface area (Å²) in [6.07, 6.45) is 0.947. The van der Waals surface area contributed by atoms with E-state index in [2.05, 4.69) is 5.32 Å². The second-order valence-corrected chi connectivity index (χ2v) is 5.31. The van der Waals surface area contributed by atoms with Crippen molar-refractivity contribution < 1.29 is 14.3 Å². The predicted molar refractivity (Wildman–Crippen MR) is 88.6 cm³/mol. The number of fused-ring (bicyclic) bond motifs is 1. The Kier molecular flexibility index (Phi) is 4.57. The molecular weight excluding hydrogens is 292 g/mol. The smallest absolute Gasteiger partial charge is 0.244 e. The number of carbonyl (C=O) groups is 2. The molecule has 0 saturated heterocycles. The molecule has 118 valence electrons. The minimum atomic E-state index is -0.169. The summed E-state index contributed by atoms with van der Waals surface area (Å²) < 4.78 is 5.58. The molecule has 0 spiro atoms. The fourth-order valence-corrected chi connectivity index (χ4v) is 2.52. The molecular formula is C18H18N2O3. The van der Waals surface area contributed by atoms with Gasteiger partial charge in [0.2, 0.25) is 11.8 Å². The van der Waals surface area contributed by atoms with Gasteiger partial charge in [-0.15, -0.1) is 0 Å². The lowest BCUT2D eigenvalue weighted by Gasteiger charge is -2.29. The van der Waals surface area contributed by atoms with Crippen LogP contribution in [0.2, 0.25) is 0 Å². The highest BCUT2D eigenvalue weighted by Gasteiger charge is 2.25. The van der Waals surface area contributed by atoms with Crippen LogP contribution in [0.1, 0.15) is 12.8 Å². The number of para-hydroxylation sites is 3. The van der Waals surface area contributed by atoms with Crippen LogP contribution in [-0.2, 0) is 9.59 Å². The first-order valence-electron chi connectivity index (χ1n) is 7.61. The van der Waals surface area contributed by atoms with Gasteiger partial charge in [0.25, 0.3) is 0 Å². The summed E-state index contributed by atoms with van der Waals surface area (Å²) in [4.78, 5) is 25.7. The van der Waals surface area contributed by atoms with Gasteiger partial charge in [-0.05, 0) is 30.7 Å². The monoisotopic (exact) mass is 310 g/mol. The SMILES string of the molecule is O=C1CN(C(=O)CCCOc2ccccc2)c2ccccc2N1. The molecule has 1 aliphatic rings. The maximum Gasteiger partial charge on any atom is 0.244 e. The van der Waals surface area contributed by atoms with Crippen molar-refractivity contribution >= 4 is 23.2 Å². The average Bonchev–Trinajstić information content (AvgIpc) is 2.58. The summed E-state index contributed by atoms with van der Waals surface area (Å²) in [5.74, 6) is 0.559. The van der Waals surface area contributed by atoms with Gasteiger partial charge in [0.05, 0.1) is 18.0 Å². The number of ether oxygens (including phenoxy) is 1. The van der Waals surface area contributed by atoms with Crippen molar-refractivity contribution in [1.82, 2.24) is 0 Å². The third kappa shape index (κ3) is 3.69. The van der Waals surface area contributed by atoms with Gasteiger partial charge < -0.3 is 15.0 Å². The topological polar surface area (TPSA) is 58.6 Å². The van der Waals surface area contributed by atoms with E-state index in [1.165, 1.54) is 4.90 Å². The van der Waals surface area contributed by atoms with Crippen LogP contribution in [0.25, 0.3) is 0 Å². The molecule has 1 heterocycles. The highest BCUT2D eigenvalue weighted by molar-refractivity contribution is 6.09. The zero-order valence-electron chi connectivity index (χ0n) is 12.7. The maximum absolute atomic E-state index is 12.4. The van der Waals surface area contributed by atoms with E-state index in [-0.39, 0.29) is 18.4 Å². The molecule has 5 nitrogen and oxygen atoms in total. The van der Waals surface area contributed by atoms with Crippen LogP contribution < -0.4 is 15.0 Å². The number of hydrogen-bond donors (Lipinski definition) is 1. The standard InChI is InChI=1S/C18H18N2O3/c21-17-13-20(16-10-5-4-9-15(16)19-17)18(22)11-6-12-23-14-7-2-1-3-8-14/h1-5,7-10H,6,11-13H2,(H,19,21). The Morgan fingerprint density at radius 2 is 1.83 bits per heavy atom. The van der Waals surface area contributed by atoms with Gasteiger partial charge in [-0.3, -0.25) is 9.59 Å². The van der Waals surface area contributed by atoms with E-state index in [0.717, 1.165) is 11.4 Å². The van der Waals surface area contributed by atoms with E-state index in [4.69, 9.17) is 4.74 Å². The van der Waals surface area contributed by atoms with Crippen LogP contribution in [0, 0.1) is 0 Å². The molecule has 0 aromatic heterocycles. The zero-order valence-corrected chi connectivity index (χ0v) is 12.7. The highest BCUT2D eigenvalue weighted by atomic mass is 16.5. The van der Waals surface area contributed by atoms with Gasteiger partial charge in [0.1, 0.15) is 12.3 Å². The summed E-state index contributed by atoms with van der Waals surface area (Å²) in [6.45, 7) is 0.535. The third-order valence-electron chi connectivity index (χ3n) is 3.62. The van der Waals surface area contributed by atoms with Crippen LogP contribution in [-0.4, -0.2) is 25.0 Å². The van der Waals surface area contributed by atoms with Crippen LogP contribution >= 0.6 is 0 Å². The number of hydrogen-bond acceptors (Lipinski definition) is 3. The lowest BCUT2D eigenvalue weighted by atomic mass is 10.1. The maximum atomic E-state index is 12.4. The second-order valence-electron chi connectivity index (χ2n) is 5.31. The second kappa shape index (κ2) is 6.96. The van der Waals surface area contributed by atoms with Crippen molar-refractivity contribution in [3.63, 3.8) is 0 Å². The molecule has 0 saturated carbocycles. The molecule has 23 heavy (non-hydrogen) atoms. The number of carbonyl (C=O) groups excluding carboxylic acids is 2. The summed E-state index contributed by atoms with van der Waals surface area (Å²) in [5.41, 5.74) is 1.43. The number of amides is 2. The number of anilines is 2. The van der Waals surface area contributed by atoms with Crippen LogP contribution in [0.5, 0.6) is 5.75 Å². The van der Waals surface area contributed by atoms with Crippen molar-refractivity contribution in [3.8, 4) is 5.75 Å². The largest absolute Gasteiger partial charge is 0.494 e. The molecule has 2 amide bonds. The van der Waals surface area contributed by atoms with E-state index in [1.807, 2.05) is 48.5 Å². The zero-order chi connectivity index (χ0) is 16.1. The van der Waals surface area contributed by atoms with E-state index < -0.39 is 0 Å². The Balaban J connectivity index is 1.55. The Morgan fingerprint density at radius 1 is 1.09 bits per heavy atom. The minimum Gasteiger partial charge on any atom is -0.494 e. The van der Waals surface area contributed by atoms with E-state index in [0.29, 0.717) is 25.1 Å². The Hall–Kier alpha value is -2.82. The fourth-order valence-electron chi connectivity index (χ4n) is 2.52. The molecule has 0 atom stereocenters. The minimum absolute atomic E-state index is 0.0649. The molecule has 1 N–H and O–H groups in total. The van der Waals surface area contributed by atoms with Crippen molar-refractivity contribution in [2.24, 2.45) is 0 Å². The Morgan fingerprint density at radius 3 is 2.65 bits per heavy atom. The number of rotatable bonds is 5. The van der Waals surface area contributed by atoms with Crippen molar-refractivity contribution in [1.29, 1.82) is 0 Å². The molecule has 0 bridgehead atoms. The van der Waals surface area contributed by atoms with E-state index >= 15 is 0 Å². The van der Waals surface area contributed by atoms with Gasteiger partial charge >= 0.3 is 0 Å². The quantitative estimate of drug-likeness (QED) is 0.864. The molecule has 0 aliphatic carbocycles. The molecule has 0 unspecified atom stereocenters. The van der Waals surface area contributed by atoms with Crippen molar-refractivity contribution in [2.75, 3.05) is 23.4 Å².